The van der Waals surface area contributed by atoms with Gasteiger partial charge in [0.25, 0.3) is 0 Å². The quantitative estimate of drug-likeness (QED) is 0.770. The van der Waals surface area contributed by atoms with Gasteiger partial charge in [-0.25, -0.2) is 4.39 Å². The first-order chi connectivity index (χ1) is 9.89. The molecule has 1 aromatic carbocycles. The van der Waals surface area contributed by atoms with E-state index in [1.54, 1.807) is 13.0 Å². The van der Waals surface area contributed by atoms with Gasteiger partial charge in [0.2, 0.25) is 0 Å². The normalized spacial score (nSPS) is 21.6. The summed E-state index contributed by atoms with van der Waals surface area (Å²) in [6, 6.07) is 7.56. The van der Waals surface area contributed by atoms with Crippen molar-refractivity contribution in [1.82, 2.24) is 4.98 Å². The van der Waals surface area contributed by atoms with E-state index in [1.807, 2.05) is 32.0 Å². The number of Topliss-reactive ketones (excluding diaryl/α,β-unsaturated/α-hetero) is 1. The van der Waals surface area contributed by atoms with Crippen LogP contribution in [-0.2, 0) is 12.8 Å². The van der Waals surface area contributed by atoms with Crippen molar-refractivity contribution in [3.8, 4) is 0 Å². The monoisotopic (exact) mass is 285 g/mol. The summed E-state index contributed by atoms with van der Waals surface area (Å²) in [6.45, 7) is 5.43. The zero-order valence-corrected chi connectivity index (χ0v) is 12.7. The molecule has 1 aliphatic carbocycles. The van der Waals surface area contributed by atoms with Gasteiger partial charge in [-0.1, -0.05) is 13.8 Å². The van der Waals surface area contributed by atoms with Crippen LogP contribution in [0.25, 0.3) is 10.9 Å². The van der Waals surface area contributed by atoms with Crippen molar-refractivity contribution in [3.63, 3.8) is 0 Å². The van der Waals surface area contributed by atoms with E-state index in [4.69, 9.17) is 0 Å². The lowest BCUT2D eigenvalue weighted by Gasteiger charge is -2.34. The van der Waals surface area contributed by atoms with Crippen LogP contribution in [0, 0.1) is 5.92 Å². The maximum atomic E-state index is 14.9. The molecule has 0 bridgehead atoms. The second-order valence-corrected chi connectivity index (χ2v) is 6.42. The fourth-order valence-corrected chi connectivity index (χ4v) is 3.07. The number of hydrogen-bond donors (Lipinski definition) is 0. The van der Waals surface area contributed by atoms with Crippen LogP contribution in [0.15, 0.2) is 24.3 Å². The summed E-state index contributed by atoms with van der Waals surface area (Å²) in [7, 11) is 0. The van der Waals surface area contributed by atoms with E-state index in [-0.39, 0.29) is 11.7 Å². The number of aryl methyl sites for hydroxylation is 1. The molecule has 1 aromatic heterocycles. The molecule has 1 unspecified atom stereocenters. The molecule has 0 aliphatic heterocycles. The molecule has 0 fully saturated rings. The van der Waals surface area contributed by atoms with Crippen LogP contribution in [-0.4, -0.2) is 16.4 Å². The van der Waals surface area contributed by atoms with Gasteiger partial charge in [-0.3, -0.25) is 9.78 Å². The maximum Gasteiger partial charge on any atom is 0.159 e. The third-order valence-corrected chi connectivity index (χ3v) is 4.69. The summed E-state index contributed by atoms with van der Waals surface area (Å²) in [6.07, 6.45) is 1.66. The van der Waals surface area contributed by atoms with E-state index in [9.17, 15) is 9.18 Å². The Bertz CT molecular complexity index is 722. The van der Waals surface area contributed by atoms with E-state index in [1.165, 1.54) is 0 Å². The lowest BCUT2D eigenvalue weighted by atomic mass is 9.77. The van der Waals surface area contributed by atoms with Gasteiger partial charge in [0.05, 0.1) is 5.52 Å². The van der Waals surface area contributed by atoms with Gasteiger partial charge >= 0.3 is 0 Å². The summed E-state index contributed by atoms with van der Waals surface area (Å²) in [5.41, 5.74) is 2.42. The van der Waals surface area contributed by atoms with Crippen molar-refractivity contribution in [2.75, 3.05) is 0 Å². The second-order valence-electron chi connectivity index (χ2n) is 6.42. The fraction of sp³-hybridized carbons (Fsp3) is 0.444. The van der Waals surface area contributed by atoms with Crippen LogP contribution in [0.3, 0.4) is 0 Å². The highest BCUT2D eigenvalue weighted by atomic mass is 19.1. The zero-order chi connectivity index (χ0) is 15.2. The van der Waals surface area contributed by atoms with Crippen LogP contribution in [0.2, 0.25) is 0 Å². The highest BCUT2D eigenvalue weighted by molar-refractivity contribution is 5.97. The third-order valence-electron chi connectivity index (χ3n) is 4.69. The largest absolute Gasteiger partial charge is 0.295 e. The minimum atomic E-state index is -1.14. The number of pyridine rings is 1. The lowest BCUT2D eigenvalue weighted by molar-refractivity contribution is 0.0821. The Morgan fingerprint density at radius 2 is 2.10 bits per heavy atom. The SMILES string of the molecule is CC(=O)c1ccc2nc3c(cc2c1)CC(F)(C(C)C)CC3. The molecule has 0 saturated carbocycles. The average molecular weight is 285 g/mol. The predicted molar refractivity (Wildman–Crippen MR) is 82.4 cm³/mol. The number of nitrogens with zero attached hydrogens (tertiary/aromatic N) is 1. The number of hydrogen-bond acceptors (Lipinski definition) is 2. The average Bonchev–Trinajstić information content (AvgIpc) is 2.44. The number of alkyl halides is 1. The topological polar surface area (TPSA) is 30.0 Å². The van der Waals surface area contributed by atoms with Crippen LogP contribution < -0.4 is 0 Å². The molecule has 3 heteroatoms. The van der Waals surface area contributed by atoms with Crippen molar-refractivity contribution < 1.29 is 9.18 Å². The van der Waals surface area contributed by atoms with E-state index >= 15 is 0 Å². The standard InChI is InChI=1S/C18H20FNO/c1-11(2)18(19)7-6-17-15(10-18)9-14-8-13(12(3)21)4-5-16(14)20-17/h4-5,8-9,11H,6-7,10H2,1-3H3. The van der Waals surface area contributed by atoms with Gasteiger partial charge in [-0.15, -0.1) is 0 Å². The van der Waals surface area contributed by atoms with E-state index in [0.717, 1.165) is 22.2 Å². The second kappa shape index (κ2) is 4.90. The molecule has 3 rings (SSSR count). The predicted octanol–water partition coefficient (Wildman–Crippen LogP) is 4.29. The molecule has 0 N–H and O–H groups in total. The number of fused-ring (bicyclic) bond motifs is 2. The molecule has 0 saturated heterocycles. The molecule has 1 atom stereocenters. The number of aromatic nitrogens is 1. The molecule has 0 spiro atoms. The van der Waals surface area contributed by atoms with Gasteiger partial charge in [-0.05, 0) is 55.5 Å². The first kappa shape index (κ1) is 14.2. The van der Waals surface area contributed by atoms with E-state index in [0.29, 0.717) is 24.8 Å². The number of halogens is 1. The molecule has 21 heavy (non-hydrogen) atoms. The third kappa shape index (κ3) is 2.45. The van der Waals surface area contributed by atoms with Crippen LogP contribution in [0.5, 0.6) is 0 Å². The Morgan fingerprint density at radius 1 is 1.33 bits per heavy atom. The summed E-state index contributed by atoms with van der Waals surface area (Å²) in [4.78, 5) is 16.2. The summed E-state index contributed by atoms with van der Waals surface area (Å²) in [5, 5.41) is 0.925. The van der Waals surface area contributed by atoms with Gasteiger partial charge in [0.1, 0.15) is 5.67 Å². The van der Waals surface area contributed by atoms with Crippen LogP contribution >= 0.6 is 0 Å². The van der Waals surface area contributed by atoms with Crippen molar-refractivity contribution >= 4 is 16.7 Å². The minimum absolute atomic E-state index is 0.00454. The zero-order valence-electron chi connectivity index (χ0n) is 12.7. The molecule has 2 nitrogen and oxygen atoms in total. The van der Waals surface area contributed by atoms with Gasteiger partial charge in [-0.2, -0.15) is 0 Å². The number of benzene rings is 1. The van der Waals surface area contributed by atoms with Crippen LogP contribution in [0.1, 0.15) is 48.8 Å². The number of rotatable bonds is 2. The van der Waals surface area contributed by atoms with Crippen molar-refractivity contribution in [2.24, 2.45) is 5.92 Å². The van der Waals surface area contributed by atoms with Gasteiger partial charge in [0, 0.05) is 23.1 Å². The van der Waals surface area contributed by atoms with E-state index in [2.05, 4.69) is 4.98 Å². The lowest BCUT2D eigenvalue weighted by Crippen LogP contribution is -2.36. The van der Waals surface area contributed by atoms with Crippen molar-refractivity contribution in [2.45, 2.75) is 45.7 Å². The van der Waals surface area contributed by atoms with Crippen LogP contribution in [0.4, 0.5) is 4.39 Å². The summed E-state index contributed by atoms with van der Waals surface area (Å²) in [5.74, 6) is 0.0431. The number of ketones is 1. The summed E-state index contributed by atoms with van der Waals surface area (Å²) >= 11 is 0. The molecule has 110 valence electrons. The Morgan fingerprint density at radius 3 is 2.76 bits per heavy atom. The minimum Gasteiger partial charge on any atom is -0.295 e. The number of carbonyl (C=O) groups is 1. The van der Waals surface area contributed by atoms with Crippen molar-refractivity contribution in [3.05, 3.63) is 41.1 Å². The molecular weight excluding hydrogens is 265 g/mol. The van der Waals surface area contributed by atoms with E-state index < -0.39 is 5.67 Å². The Hall–Kier alpha value is -1.77. The molecule has 0 radical (unpaired) electrons. The first-order valence-electron chi connectivity index (χ1n) is 7.51. The van der Waals surface area contributed by atoms with Gasteiger partial charge < -0.3 is 0 Å². The highest BCUT2D eigenvalue weighted by Crippen LogP contribution is 2.37. The van der Waals surface area contributed by atoms with Crippen molar-refractivity contribution in [1.29, 1.82) is 0 Å². The smallest absolute Gasteiger partial charge is 0.159 e. The molecule has 0 amide bonds. The Labute approximate surface area is 124 Å². The Balaban J connectivity index is 2.09. The molecule has 1 aliphatic rings. The Kier molecular flexibility index (Phi) is 3.31. The first-order valence-corrected chi connectivity index (χ1v) is 7.51. The maximum absolute atomic E-state index is 14.9. The van der Waals surface area contributed by atoms with Gasteiger partial charge in [0.15, 0.2) is 5.78 Å². The fourth-order valence-electron chi connectivity index (χ4n) is 3.07. The highest BCUT2D eigenvalue weighted by Gasteiger charge is 2.37. The summed E-state index contributed by atoms with van der Waals surface area (Å²) < 4.78 is 14.9. The molecule has 1 heterocycles. The number of carbonyl (C=O) groups excluding carboxylic acids is 1. The molecule has 2 aromatic rings. The molecular formula is C18H20FNO.